The first-order chi connectivity index (χ1) is 14.0. The van der Waals surface area contributed by atoms with Crippen molar-refractivity contribution in [3.63, 3.8) is 0 Å². The molecule has 2 aromatic rings. The third-order valence-corrected chi connectivity index (χ3v) is 5.54. The number of aliphatic hydroxyl groups is 1. The standard InChI is InChI=1S/C21H21ClN2O5/c22-17-7-3-1-5-14(17)12-28-13-15(25)11-24-19(26)21(23-20(24)27)9-10-29-18-8-4-2-6-16(18)21/h1-8,15,25H,9-13H2,(H,23,27)/t15-,21-/m1/s1. The summed E-state index contributed by atoms with van der Waals surface area (Å²) < 4.78 is 11.1. The Morgan fingerprint density at radius 3 is 2.79 bits per heavy atom. The van der Waals surface area contributed by atoms with Crippen LogP contribution in [0.1, 0.15) is 17.5 Å². The number of β-amino-alcohol motifs (C(OH)–C–C–N with tert-alkyl or cyclic N) is 1. The Balaban J connectivity index is 1.40. The number of para-hydroxylation sites is 1. The van der Waals surface area contributed by atoms with Gasteiger partial charge in [0.2, 0.25) is 0 Å². The molecule has 1 fully saturated rings. The summed E-state index contributed by atoms with van der Waals surface area (Å²) in [4.78, 5) is 26.7. The normalized spacial score (nSPS) is 21.7. The van der Waals surface area contributed by atoms with E-state index in [1.54, 1.807) is 24.3 Å². The second-order valence-electron chi connectivity index (χ2n) is 7.11. The van der Waals surface area contributed by atoms with E-state index in [2.05, 4.69) is 5.32 Å². The lowest BCUT2D eigenvalue weighted by Crippen LogP contribution is -2.48. The molecular weight excluding hydrogens is 396 g/mol. The second kappa shape index (κ2) is 8.02. The number of carbonyl (C=O) groups is 2. The van der Waals surface area contributed by atoms with Crippen molar-refractivity contribution in [1.82, 2.24) is 10.2 Å². The molecule has 2 heterocycles. The highest BCUT2D eigenvalue weighted by molar-refractivity contribution is 6.31. The van der Waals surface area contributed by atoms with Crippen molar-refractivity contribution < 1.29 is 24.2 Å². The van der Waals surface area contributed by atoms with E-state index in [-0.39, 0.29) is 25.7 Å². The molecule has 2 aliphatic heterocycles. The van der Waals surface area contributed by atoms with E-state index in [0.29, 0.717) is 29.4 Å². The van der Waals surface area contributed by atoms with E-state index < -0.39 is 17.7 Å². The number of aliphatic hydroxyl groups excluding tert-OH is 1. The van der Waals surface area contributed by atoms with E-state index in [4.69, 9.17) is 21.1 Å². The number of nitrogens with one attached hydrogen (secondary N) is 1. The van der Waals surface area contributed by atoms with Gasteiger partial charge in [-0.15, -0.1) is 0 Å². The molecule has 4 rings (SSSR count). The summed E-state index contributed by atoms with van der Waals surface area (Å²) in [6, 6.07) is 13.9. The van der Waals surface area contributed by atoms with Crippen LogP contribution < -0.4 is 10.1 Å². The van der Waals surface area contributed by atoms with Crippen molar-refractivity contribution in [2.75, 3.05) is 19.8 Å². The van der Waals surface area contributed by atoms with Crippen molar-refractivity contribution in [2.45, 2.75) is 24.7 Å². The zero-order valence-corrected chi connectivity index (χ0v) is 16.4. The van der Waals surface area contributed by atoms with Crippen molar-refractivity contribution >= 4 is 23.5 Å². The van der Waals surface area contributed by atoms with Crippen LogP contribution in [0.3, 0.4) is 0 Å². The van der Waals surface area contributed by atoms with Crippen LogP contribution in [0, 0.1) is 0 Å². The molecule has 0 aliphatic carbocycles. The molecule has 3 amide bonds. The number of ether oxygens (including phenoxy) is 2. The van der Waals surface area contributed by atoms with Gasteiger partial charge in [0.1, 0.15) is 5.75 Å². The first kappa shape index (κ1) is 19.7. The topological polar surface area (TPSA) is 88.1 Å². The molecule has 0 saturated carbocycles. The molecule has 7 nitrogen and oxygen atoms in total. The van der Waals surface area contributed by atoms with Gasteiger partial charge < -0.3 is 19.9 Å². The van der Waals surface area contributed by atoms with E-state index in [1.165, 1.54) is 0 Å². The van der Waals surface area contributed by atoms with Crippen LogP contribution in [0.5, 0.6) is 5.75 Å². The number of rotatable bonds is 6. The molecule has 29 heavy (non-hydrogen) atoms. The molecule has 2 aromatic carbocycles. The largest absolute Gasteiger partial charge is 0.493 e. The summed E-state index contributed by atoms with van der Waals surface area (Å²) in [5.41, 5.74) is 0.287. The fourth-order valence-corrected chi connectivity index (χ4v) is 3.91. The number of amides is 3. The Kier molecular flexibility index (Phi) is 5.45. The van der Waals surface area contributed by atoms with Crippen LogP contribution in [-0.4, -0.2) is 47.8 Å². The Morgan fingerprint density at radius 2 is 1.97 bits per heavy atom. The average molecular weight is 417 g/mol. The summed E-state index contributed by atoms with van der Waals surface area (Å²) >= 11 is 6.08. The lowest BCUT2D eigenvalue weighted by molar-refractivity contribution is -0.134. The van der Waals surface area contributed by atoms with Crippen molar-refractivity contribution in [3.8, 4) is 5.75 Å². The minimum Gasteiger partial charge on any atom is -0.493 e. The Hall–Kier alpha value is -2.61. The quantitative estimate of drug-likeness (QED) is 0.706. The number of benzene rings is 2. The number of hydrogen-bond donors (Lipinski definition) is 2. The number of urea groups is 1. The molecule has 0 bridgehead atoms. The zero-order chi connectivity index (χ0) is 20.4. The molecule has 0 aromatic heterocycles. The molecule has 152 valence electrons. The maximum absolute atomic E-state index is 13.1. The van der Waals surface area contributed by atoms with Crippen molar-refractivity contribution in [3.05, 3.63) is 64.7 Å². The van der Waals surface area contributed by atoms with Crippen LogP contribution >= 0.6 is 11.6 Å². The van der Waals surface area contributed by atoms with Gasteiger partial charge in [-0.25, -0.2) is 4.79 Å². The third-order valence-electron chi connectivity index (χ3n) is 5.18. The number of carbonyl (C=O) groups excluding carboxylic acids is 2. The van der Waals surface area contributed by atoms with Gasteiger partial charge in [0.25, 0.3) is 5.91 Å². The molecule has 0 unspecified atom stereocenters. The summed E-state index contributed by atoms with van der Waals surface area (Å²) in [6.07, 6.45) is -0.679. The summed E-state index contributed by atoms with van der Waals surface area (Å²) in [5, 5.41) is 13.7. The number of hydrogen-bond acceptors (Lipinski definition) is 5. The molecule has 2 N–H and O–H groups in total. The summed E-state index contributed by atoms with van der Waals surface area (Å²) in [6.45, 7) is 0.360. The van der Waals surface area contributed by atoms with Crippen LogP contribution in [0.25, 0.3) is 0 Å². The Labute approximate surface area is 173 Å². The summed E-state index contributed by atoms with van der Waals surface area (Å²) in [5.74, 6) is 0.196. The lowest BCUT2D eigenvalue weighted by Gasteiger charge is -2.33. The van der Waals surface area contributed by atoms with Crippen LogP contribution in [0.15, 0.2) is 48.5 Å². The van der Waals surface area contributed by atoms with Gasteiger partial charge in [-0.1, -0.05) is 48.0 Å². The third kappa shape index (κ3) is 3.69. The summed E-state index contributed by atoms with van der Waals surface area (Å²) in [7, 11) is 0. The molecule has 0 radical (unpaired) electrons. The minimum atomic E-state index is -1.15. The Bertz CT molecular complexity index is 937. The highest BCUT2D eigenvalue weighted by Gasteiger charge is 2.55. The van der Waals surface area contributed by atoms with Gasteiger partial charge in [-0.05, 0) is 17.7 Å². The first-order valence-electron chi connectivity index (χ1n) is 9.37. The van der Waals surface area contributed by atoms with E-state index in [9.17, 15) is 14.7 Å². The zero-order valence-electron chi connectivity index (χ0n) is 15.6. The fraction of sp³-hybridized carbons (Fsp3) is 0.333. The van der Waals surface area contributed by atoms with Crippen molar-refractivity contribution in [2.24, 2.45) is 0 Å². The maximum Gasteiger partial charge on any atom is 0.325 e. The number of nitrogens with zero attached hydrogens (tertiary/aromatic N) is 1. The van der Waals surface area contributed by atoms with Crippen LogP contribution in [0.4, 0.5) is 4.79 Å². The second-order valence-corrected chi connectivity index (χ2v) is 7.51. The van der Waals surface area contributed by atoms with Gasteiger partial charge in [-0.2, -0.15) is 0 Å². The molecule has 8 heteroatoms. The van der Waals surface area contributed by atoms with Gasteiger partial charge >= 0.3 is 6.03 Å². The predicted octanol–water partition coefficient (Wildman–Crippen LogP) is 2.45. The number of fused-ring (bicyclic) bond motifs is 2. The number of imide groups is 1. The predicted molar refractivity (Wildman–Crippen MR) is 106 cm³/mol. The average Bonchev–Trinajstić information content (AvgIpc) is 2.94. The van der Waals surface area contributed by atoms with Crippen LogP contribution in [0.2, 0.25) is 5.02 Å². The fourth-order valence-electron chi connectivity index (χ4n) is 3.72. The van der Waals surface area contributed by atoms with E-state index >= 15 is 0 Å². The van der Waals surface area contributed by atoms with Crippen LogP contribution in [-0.2, 0) is 21.7 Å². The lowest BCUT2D eigenvalue weighted by atomic mass is 9.84. The molecular formula is C21H21ClN2O5. The minimum absolute atomic E-state index is 0.0328. The van der Waals surface area contributed by atoms with Gasteiger partial charge in [-0.3, -0.25) is 9.69 Å². The van der Waals surface area contributed by atoms with Crippen molar-refractivity contribution in [1.29, 1.82) is 0 Å². The first-order valence-corrected chi connectivity index (χ1v) is 9.75. The molecule has 1 saturated heterocycles. The van der Waals surface area contributed by atoms with Gasteiger partial charge in [0, 0.05) is 17.0 Å². The molecule has 1 spiro atoms. The van der Waals surface area contributed by atoms with Gasteiger partial charge in [0.05, 0.1) is 32.5 Å². The monoisotopic (exact) mass is 416 g/mol. The number of halogens is 1. The maximum atomic E-state index is 13.1. The SMILES string of the molecule is O=C1N[C@@]2(CCOc3ccccc32)C(=O)N1C[C@@H](O)COCc1ccccc1Cl. The van der Waals surface area contributed by atoms with E-state index in [0.717, 1.165) is 10.5 Å². The smallest absolute Gasteiger partial charge is 0.325 e. The van der Waals surface area contributed by atoms with Gasteiger partial charge in [0.15, 0.2) is 5.54 Å². The molecule has 2 aliphatic rings. The highest BCUT2D eigenvalue weighted by atomic mass is 35.5. The van der Waals surface area contributed by atoms with E-state index in [1.807, 2.05) is 24.3 Å². The highest BCUT2D eigenvalue weighted by Crippen LogP contribution is 2.40. The molecule has 2 atom stereocenters. The Morgan fingerprint density at radius 1 is 1.21 bits per heavy atom.